The van der Waals surface area contributed by atoms with E-state index in [-0.39, 0.29) is 12.5 Å². The number of nitrogens with one attached hydrogen (secondary N) is 1. The molecule has 0 spiro atoms. The first-order valence-electron chi connectivity index (χ1n) is 10.3. The number of hydrogen-bond donors (Lipinski definition) is 1. The number of fused-ring (bicyclic) bond motifs is 1. The topological polar surface area (TPSA) is 88.2 Å². The maximum Gasteiger partial charge on any atom is 0.240 e. The number of amides is 1. The van der Waals surface area contributed by atoms with Crippen molar-refractivity contribution in [2.45, 2.75) is 32.1 Å². The van der Waals surface area contributed by atoms with Gasteiger partial charge in [0.15, 0.2) is 11.5 Å². The van der Waals surface area contributed by atoms with Crippen LogP contribution in [0.5, 0.6) is 11.5 Å². The van der Waals surface area contributed by atoms with Gasteiger partial charge in [-0.05, 0) is 51.0 Å². The number of anilines is 1. The molecule has 0 atom stereocenters. The molecule has 9 heteroatoms. The molecule has 1 saturated heterocycles. The van der Waals surface area contributed by atoms with Crippen molar-refractivity contribution in [3.8, 4) is 11.5 Å². The molecule has 3 rings (SSSR count). The molecular weight excluding hydrogens is 394 g/mol. The quantitative estimate of drug-likeness (QED) is 0.637. The van der Waals surface area contributed by atoms with Crippen molar-refractivity contribution in [1.82, 2.24) is 10.2 Å². The molecule has 0 saturated carbocycles. The van der Waals surface area contributed by atoms with Gasteiger partial charge in [-0.2, -0.15) is 0 Å². The number of sulfonamides is 1. The van der Waals surface area contributed by atoms with Gasteiger partial charge in [-0.3, -0.25) is 9.10 Å². The summed E-state index contributed by atoms with van der Waals surface area (Å²) in [4.78, 5) is 14.8. The van der Waals surface area contributed by atoms with Crippen LogP contribution in [0.2, 0.25) is 0 Å². The highest BCUT2D eigenvalue weighted by atomic mass is 32.2. The first kappa shape index (κ1) is 21.7. The minimum absolute atomic E-state index is 0.262. The highest BCUT2D eigenvalue weighted by molar-refractivity contribution is 7.92. The molecule has 162 valence electrons. The lowest BCUT2D eigenvalue weighted by Gasteiger charge is -2.25. The summed E-state index contributed by atoms with van der Waals surface area (Å²) in [6.07, 6.45) is 7.03. The van der Waals surface area contributed by atoms with Crippen molar-refractivity contribution >= 4 is 21.6 Å². The Balaban J connectivity index is 1.53. The predicted octanol–water partition coefficient (Wildman–Crippen LogP) is 1.61. The monoisotopic (exact) mass is 425 g/mol. The van der Waals surface area contributed by atoms with Crippen LogP contribution in [0.1, 0.15) is 32.1 Å². The fraction of sp³-hybridized carbons (Fsp3) is 0.650. The van der Waals surface area contributed by atoms with Gasteiger partial charge in [0.05, 0.1) is 11.9 Å². The predicted molar refractivity (Wildman–Crippen MR) is 112 cm³/mol. The summed E-state index contributed by atoms with van der Waals surface area (Å²) >= 11 is 0. The van der Waals surface area contributed by atoms with Crippen molar-refractivity contribution in [2.24, 2.45) is 0 Å². The molecule has 8 nitrogen and oxygen atoms in total. The zero-order valence-corrected chi connectivity index (χ0v) is 17.9. The second-order valence-corrected chi connectivity index (χ2v) is 9.46. The van der Waals surface area contributed by atoms with Crippen molar-refractivity contribution < 1.29 is 22.7 Å². The number of hydrogen-bond acceptors (Lipinski definition) is 6. The zero-order valence-electron chi connectivity index (χ0n) is 17.1. The van der Waals surface area contributed by atoms with Gasteiger partial charge in [0.25, 0.3) is 0 Å². The highest BCUT2D eigenvalue weighted by Crippen LogP contribution is 2.34. The molecule has 0 aromatic heterocycles. The molecule has 1 amide bonds. The summed E-state index contributed by atoms with van der Waals surface area (Å²) in [5.41, 5.74) is 0.386. The number of benzene rings is 1. The highest BCUT2D eigenvalue weighted by Gasteiger charge is 2.23. The van der Waals surface area contributed by atoms with Gasteiger partial charge in [0, 0.05) is 12.6 Å². The largest absolute Gasteiger partial charge is 0.486 e. The minimum atomic E-state index is -3.62. The molecule has 0 aliphatic carbocycles. The smallest absolute Gasteiger partial charge is 0.240 e. The van der Waals surface area contributed by atoms with Crippen LogP contribution in [0.3, 0.4) is 0 Å². The van der Waals surface area contributed by atoms with Crippen LogP contribution in [0.25, 0.3) is 0 Å². The second kappa shape index (κ2) is 10.2. The van der Waals surface area contributed by atoms with Crippen LogP contribution >= 0.6 is 0 Å². The van der Waals surface area contributed by atoms with E-state index in [4.69, 9.17) is 9.47 Å². The van der Waals surface area contributed by atoms with E-state index in [9.17, 15) is 13.2 Å². The Morgan fingerprint density at radius 3 is 2.48 bits per heavy atom. The molecule has 2 aliphatic rings. The zero-order chi connectivity index (χ0) is 20.7. The van der Waals surface area contributed by atoms with Gasteiger partial charge in [0.2, 0.25) is 15.9 Å². The summed E-state index contributed by atoms with van der Waals surface area (Å²) < 4.78 is 36.6. The Hall–Kier alpha value is -2.00. The van der Waals surface area contributed by atoms with E-state index in [0.717, 1.165) is 36.6 Å². The Bertz CT molecular complexity index is 791. The van der Waals surface area contributed by atoms with E-state index < -0.39 is 10.0 Å². The van der Waals surface area contributed by atoms with E-state index >= 15 is 0 Å². The van der Waals surface area contributed by atoms with Crippen LogP contribution in [0.4, 0.5) is 5.69 Å². The van der Waals surface area contributed by atoms with E-state index in [1.807, 2.05) is 0 Å². The fourth-order valence-corrected chi connectivity index (χ4v) is 4.51. The van der Waals surface area contributed by atoms with E-state index in [0.29, 0.717) is 36.9 Å². The van der Waals surface area contributed by atoms with Crippen molar-refractivity contribution in [1.29, 1.82) is 0 Å². The van der Waals surface area contributed by atoms with Crippen LogP contribution < -0.4 is 19.1 Å². The maximum absolute atomic E-state index is 12.4. The molecule has 2 heterocycles. The van der Waals surface area contributed by atoms with Crippen LogP contribution in [-0.2, 0) is 14.8 Å². The first-order chi connectivity index (χ1) is 13.9. The third-order valence-electron chi connectivity index (χ3n) is 5.17. The van der Waals surface area contributed by atoms with Crippen molar-refractivity contribution in [3.05, 3.63) is 18.2 Å². The lowest BCUT2D eigenvalue weighted by molar-refractivity contribution is -0.119. The van der Waals surface area contributed by atoms with Gasteiger partial charge in [-0.15, -0.1) is 0 Å². The summed E-state index contributed by atoms with van der Waals surface area (Å²) in [6, 6.07) is 4.89. The van der Waals surface area contributed by atoms with Gasteiger partial charge < -0.3 is 19.7 Å². The normalized spacial score (nSPS) is 17.4. The Morgan fingerprint density at radius 1 is 1.10 bits per heavy atom. The van der Waals surface area contributed by atoms with Gasteiger partial charge in [0.1, 0.15) is 19.8 Å². The molecular formula is C20H31N3O5S. The Labute approximate surface area is 173 Å². The SMILES string of the molecule is CS(=O)(=O)N(CC(=O)NCCCN1CCCCCC1)c1ccc2c(c1)OCCO2. The van der Waals surface area contributed by atoms with Crippen molar-refractivity contribution in [2.75, 3.05) is 56.5 Å². The summed E-state index contributed by atoms with van der Waals surface area (Å²) in [6.45, 7) is 4.35. The first-order valence-corrected chi connectivity index (χ1v) is 12.1. The third kappa shape index (κ3) is 6.50. The van der Waals surface area contributed by atoms with Gasteiger partial charge in [-0.1, -0.05) is 12.8 Å². The average molecular weight is 426 g/mol. The maximum atomic E-state index is 12.4. The lowest BCUT2D eigenvalue weighted by Crippen LogP contribution is -2.41. The summed E-state index contributed by atoms with van der Waals surface area (Å²) in [7, 11) is -3.62. The molecule has 1 fully saturated rings. The van der Waals surface area contributed by atoms with Gasteiger partial charge >= 0.3 is 0 Å². The van der Waals surface area contributed by atoms with Crippen LogP contribution in [0.15, 0.2) is 18.2 Å². The molecule has 1 aromatic rings. The molecule has 1 aromatic carbocycles. The second-order valence-electron chi connectivity index (χ2n) is 7.56. The molecule has 0 radical (unpaired) electrons. The molecule has 29 heavy (non-hydrogen) atoms. The Kier molecular flexibility index (Phi) is 7.60. The molecule has 2 aliphatic heterocycles. The van der Waals surface area contributed by atoms with E-state index in [2.05, 4.69) is 10.2 Å². The van der Waals surface area contributed by atoms with Crippen molar-refractivity contribution in [3.63, 3.8) is 0 Å². The van der Waals surface area contributed by atoms with E-state index in [1.165, 1.54) is 25.7 Å². The third-order valence-corrected chi connectivity index (χ3v) is 6.31. The summed E-state index contributed by atoms with van der Waals surface area (Å²) in [5.74, 6) is 0.743. The Morgan fingerprint density at radius 2 is 1.79 bits per heavy atom. The van der Waals surface area contributed by atoms with E-state index in [1.54, 1.807) is 18.2 Å². The standard InChI is InChI=1S/C20H31N3O5S/c1-29(25,26)23(17-7-8-18-19(15-17)28-14-13-27-18)16-20(24)21-9-6-12-22-10-4-2-3-5-11-22/h7-8,15H,2-6,9-14,16H2,1H3,(H,21,24). The lowest BCUT2D eigenvalue weighted by atomic mass is 10.2. The fourth-order valence-electron chi connectivity index (χ4n) is 3.66. The molecule has 1 N–H and O–H groups in total. The van der Waals surface area contributed by atoms with Crippen LogP contribution in [0, 0.1) is 0 Å². The number of ether oxygens (including phenoxy) is 2. The number of likely N-dealkylation sites (tertiary alicyclic amines) is 1. The number of carbonyl (C=O) groups is 1. The average Bonchev–Trinajstić information content (AvgIpc) is 2.97. The number of rotatable bonds is 8. The van der Waals surface area contributed by atoms with Crippen LogP contribution in [-0.4, -0.2) is 71.4 Å². The summed E-state index contributed by atoms with van der Waals surface area (Å²) in [5, 5.41) is 2.84. The van der Waals surface area contributed by atoms with Gasteiger partial charge in [-0.25, -0.2) is 8.42 Å². The molecule has 0 unspecified atom stereocenters. The molecule has 0 bridgehead atoms. The minimum Gasteiger partial charge on any atom is -0.486 e. The number of nitrogens with zero attached hydrogens (tertiary/aromatic N) is 2. The number of carbonyl (C=O) groups excluding carboxylic acids is 1.